The summed E-state index contributed by atoms with van der Waals surface area (Å²) < 4.78 is 0. The van der Waals surface area contributed by atoms with Crippen LogP contribution in [-0.2, 0) is 0 Å². The lowest BCUT2D eigenvalue weighted by Crippen LogP contribution is -2.37. The van der Waals surface area contributed by atoms with Gasteiger partial charge in [-0.2, -0.15) is 0 Å². The van der Waals surface area contributed by atoms with Crippen LogP contribution in [0.5, 0.6) is 0 Å². The van der Waals surface area contributed by atoms with Gasteiger partial charge in [0.15, 0.2) is 0 Å². The fourth-order valence-corrected chi connectivity index (χ4v) is 2.11. The molecular weight excluding hydrogens is 210 g/mol. The van der Waals surface area contributed by atoms with Crippen LogP contribution in [0.3, 0.4) is 0 Å². The van der Waals surface area contributed by atoms with E-state index in [1.54, 1.807) is 0 Å². The molecule has 2 heteroatoms. The molecule has 2 N–H and O–H groups in total. The van der Waals surface area contributed by atoms with Gasteiger partial charge < -0.3 is 10.4 Å². The minimum atomic E-state index is -0.378. The molecule has 1 saturated carbocycles. The zero-order valence-electron chi connectivity index (χ0n) is 10.8. The monoisotopic (exact) mass is 233 g/mol. The zero-order valence-corrected chi connectivity index (χ0v) is 10.8. The molecule has 0 amide bonds. The summed E-state index contributed by atoms with van der Waals surface area (Å²) >= 11 is 0. The van der Waals surface area contributed by atoms with Crippen LogP contribution in [0, 0.1) is 0 Å². The van der Waals surface area contributed by atoms with E-state index in [-0.39, 0.29) is 6.10 Å². The Balaban J connectivity index is 1.86. The Morgan fingerprint density at radius 1 is 1.18 bits per heavy atom. The summed E-state index contributed by atoms with van der Waals surface area (Å²) in [6.07, 6.45) is 3.48. The highest BCUT2D eigenvalue weighted by atomic mass is 16.3. The fraction of sp³-hybridized carbons (Fsp3) is 0.600. The summed E-state index contributed by atoms with van der Waals surface area (Å²) in [5.74, 6) is 0.550. The van der Waals surface area contributed by atoms with Gasteiger partial charge in [0.05, 0.1) is 6.10 Å². The molecule has 1 aromatic carbocycles. The molecule has 0 radical (unpaired) electrons. The van der Waals surface area contributed by atoms with Crippen molar-refractivity contribution in [2.75, 3.05) is 6.54 Å². The summed E-state index contributed by atoms with van der Waals surface area (Å²) in [7, 11) is 0. The minimum Gasteiger partial charge on any atom is -0.387 e. The third-order valence-corrected chi connectivity index (χ3v) is 3.69. The van der Waals surface area contributed by atoms with Crippen LogP contribution >= 0.6 is 0 Å². The van der Waals surface area contributed by atoms with E-state index in [0.717, 1.165) is 5.56 Å². The molecule has 94 valence electrons. The predicted octanol–water partition coefficient (Wildman–Crippen LogP) is 2.99. The summed E-state index contributed by atoms with van der Waals surface area (Å²) in [6.45, 7) is 5.04. The molecule has 2 nitrogen and oxygen atoms in total. The second kappa shape index (κ2) is 5.65. The summed E-state index contributed by atoms with van der Waals surface area (Å²) in [5.41, 5.74) is 2.34. The van der Waals surface area contributed by atoms with Crippen LogP contribution in [0.2, 0.25) is 0 Å². The van der Waals surface area contributed by atoms with Crippen LogP contribution in [0.4, 0.5) is 0 Å². The SMILES string of the molecule is CC(C)c1ccc(C(O)CNC2CCC2)cc1. The molecule has 1 aliphatic rings. The number of nitrogens with one attached hydrogen (secondary N) is 1. The third-order valence-electron chi connectivity index (χ3n) is 3.69. The highest BCUT2D eigenvalue weighted by molar-refractivity contribution is 5.26. The average Bonchev–Trinajstić information content (AvgIpc) is 2.27. The molecule has 1 aliphatic carbocycles. The van der Waals surface area contributed by atoms with Crippen molar-refractivity contribution in [1.29, 1.82) is 0 Å². The minimum absolute atomic E-state index is 0.378. The van der Waals surface area contributed by atoms with Crippen molar-refractivity contribution in [3.8, 4) is 0 Å². The Hall–Kier alpha value is -0.860. The lowest BCUT2D eigenvalue weighted by molar-refractivity contribution is 0.161. The van der Waals surface area contributed by atoms with Crippen molar-refractivity contribution < 1.29 is 5.11 Å². The first kappa shape index (κ1) is 12.6. The number of hydrogen-bond acceptors (Lipinski definition) is 2. The lowest BCUT2D eigenvalue weighted by atomic mass is 9.93. The van der Waals surface area contributed by atoms with Crippen LogP contribution in [0.15, 0.2) is 24.3 Å². The molecule has 0 heterocycles. The van der Waals surface area contributed by atoms with Gasteiger partial charge in [0.25, 0.3) is 0 Å². The standard InChI is InChI=1S/C15H23NO/c1-11(2)12-6-8-13(9-7-12)15(17)10-16-14-4-3-5-14/h6-9,11,14-17H,3-5,10H2,1-2H3. The second-order valence-corrected chi connectivity index (χ2v) is 5.37. The fourth-order valence-electron chi connectivity index (χ4n) is 2.11. The van der Waals surface area contributed by atoms with Crippen molar-refractivity contribution in [2.24, 2.45) is 0 Å². The van der Waals surface area contributed by atoms with E-state index in [4.69, 9.17) is 0 Å². The summed E-state index contributed by atoms with van der Waals surface area (Å²) in [4.78, 5) is 0. The van der Waals surface area contributed by atoms with Gasteiger partial charge in [-0.3, -0.25) is 0 Å². The first-order chi connectivity index (χ1) is 8.16. The Bertz CT molecular complexity index is 340. The highest BCUT2D eigenvalue weighted by Gasteiger charge is 2.18. The van der Waals surface area contributed by atoms with Crippen molar-refractivity contribution in [2.45, 2.75) is 51.2 Å². The highest BCUT2D eigenvalue weighted by Crippen LogP contribution is 2.21. The van der Waals surface area contributed by atoms with Gasteiger partial charge in [-0.25, -0.2) is 0 Å². The van der Waals surface area contributed by atoms with E-state index < -0.39 is 0 Å². The third kappa shape index (κ3) is 3.30. The number of aliphatic hydroxyl groups excluding tert-OH is 1. The van der Waals surface area contributed by atoms with Crippen LogP contribution in [-0.4, -0.2) is 17.7 Å². The lowest BCUT2D eigenvalue weighted by Gasteiger charge is -2.27. The van der Waals surface area contributed by atoms with Gasteiger partial charge in [-0.15, -0.1) is 0 Å². The van der Waals surface area contributed by atoms with Crippen LogP contribution in [0.1, 0.15) is 56.3 Å². The van der Waals surface area contributed by atoms with Gasteiger partial charge in [0.2, 0.25) is 0 Å². The molecule has 0 aromatic heterocycles. The molecule has 0 bridgehead atoms. The Morgan fingerprint density at radius 2 is 1.76 bits per heavy atom. The van der Waals surface area contributed by atoms with E-state index in [1.807, 2.05) is 12.1 Å². The van der Waals surface area contributed by atoms with E-state index in [2.05, 4.69) is 31.3 Å². The average molecular weight is 233 g/mol. The van der Waals surface area contributed by atoms with Gasteiger partial charge in [0, 0.05) is 12.6 Å². The quantitative estimate of drug-likeness (QED) is 0.819. The zero-order chi connectivity index (χ0) is 12.3. The van der Waals surface area contributed by atoms with Crippen molar-refractivity contribution in [3.05, 3.63) is 35.4 Å². The van der Waals surface area contributed by atoms with Gasteiger partial charge in [-0.05, 0) is 29.9 Å². The molecule has 0 spiro atoms. The second-order valence-electron chi connectivity index (χ2n) is 5.37. The van der Waals surface area contributed by atoms with Crippen molar-refractivity contribution in [3.63, 3.8) is 0 Å². The molecule has 17 heavy (non-hydrogen) atoms. The Morgan fingerprint density at radius 3 is 2.24 bits per heavy atom. The molecule has 1 unspecified atom stereocenters. The number of hydrogen-bond donors (Lipinski definition) is 2. The summed E-state index contributed by atoms with van der Waals surface area (Å²) in [5, 5.41) is 13.5. The number of aliphatic hydroxyl groups is 1. The van der Waals surface area contributed by atoms with Crippen LogP contribution < -0.4 is 5.32 Å². The Labute approximate surface area is 104 Å². The Kier molecular flexibility index (Phi) is 4.19. The first-order valence-corrected chi connectivity index (χ1v) is 6.68. The molecule has 0 aliphatic heterocycles. The normalized spacial score (nSPS) is 18.1. The van der Waals surface area contributed by atoms with Gasteiger partial charge >= 0.3 is 0 Å². The largest absolute Gasteiger partial charge is 0.387 e. The van der Waals surface area contributed by atoms with Gasteiger partial charge in [-0.1, -0.05) is 44.5 Å². The maximum Gasteiger partial charge on any atom is 0.0914 e. The molecule has 2 rings (SSSR count). The maximum atomic E-state index is 10.1. The molecule has 0 saturated heterocycles. The number of benzene rings is 1. The van der Waals surface area contributed by atoms with E-state index in [1.165, 1.54) is 24.8 Å². The van der Waals surface area contributed by atoms with E-state index >= 15 is 0 Å². The first-order valence-electron chi connectivity index (χ1n) is 6.68. The molecule has 1 fully saturated rings. The number of rotatable bonds is 5. The smallest absolute Gasteiger partial charge is 0.0914 e. The van der Waals surface area contributed by atoms with Crippen molar-refractivity contribution in [1.82, 2.24) is 5.32 Å². The predicted molar refractivity (Wildman–Crippen MR) is 71.1 cm³/mol. The van der Waals surface area contributed by atoms with E-state index in [9.17, 15) is 5.11 Å². The summed E-state index contributed by atoms with van der Waals surface area (Å²) in [6, 6.07) is 8.96. The topological polar surface area (TPSA) is 32.3 Å². The van der Waals surface area contributed by atoms with Crippen LogP contribution in [0.25, 0.3) is 0 Å². The molecular formula is C15H23NO. The molecule has 1 aromatic rings. The molecule has 1 atom stereocenters. The maximum absolute atomic E-state index is 10.1. The van der Waals surface area contributed by atoms with Crippen molar-refractivity contribution >= 4 is 0 Å². The van der Waals surface area contributed by atoms with E-state index in [0.29, 0.717) is 18.5 Å². The van der Waals surface area contributed by atoms with Gasteiger partial charge in [0.1, 0.15) is 0 Å².